The molecule has 2 aromatic heterocycles. The van der Waals surface area contributed by atoms with Crippen LogP contribution in [0.15, 0.2) is 59.0 Å². The molecule has 0 unspecified atom stereocenters. The molecule has 2 aromatic carbocycles. The fourth-order valence-electron chi connectivity index (χ4n) is 3.65. The highest BCUT2D eigenvalue weighted by Gasteiger charge is 2.21. The molecule has 1 N–H and O–H groups in total. The Morgan fingerprint density at radius 2 is 1.74 bits per heavy atom. The molecule has 1 amide bonds. The van der Waals surface area contributed by atoms with Gasteiger partial charge in [0.2, 0.25) is 11.8 Å². The number of hydrogen-bond donors (Lipinski definition) is 1. The summed E-state index contributed by atoms with van der Waals surface area (Å²) in [5, 5.41) is 2.95. The largest absolute Gasteiger partial charge is 0.441 e. The standard InChI is InChI=1S/C24H27N5O2/c1-4-28(5-2)15-16-29-20-14-10-9-13-19(20)25-24(29)27-22(30)21-17(3)31-23(26-21)18-11-7-6-8-12-18/h6-14H,4-5,15-16H2,1-3H3,(H,25,27,30). The van der Waals surface area contributed by atoms with E-state index in [9.17, 15) is 4.79 Å². The molecule has 0 aliphatic rings. The van der Waals surface area contributed by atoms with Crippen molar-refractivity contribution < 1.29 is 9.21 Å². The van der Waals surface area contributed by atoms with Crippen LogP contribution in [0.5, 0.6) is 0 Å². The number of carbonyl (C=O) groups excluding carboxylic acids is 1. The smallest absolute Gasteiger partial charge is 0.280 e. The van der Waals surface area contributed by atoms with Crippen molar-refractivity contribution >= 4 is 22.9 Å². The molecule has 160 valence electrons. The van der Waals surface area contributed by atoms with E-state index >= 15 is 0 Å². The van der Waals surface area contributed by atoms with Crippen molar-refractivity contribution in [2.75, 3.05) is 25.0 Å². The van der Waals surface area contributed by atoms with Crippen molar-refractivity contribution in [3.8, 4) is 11.5 Å². The lowest BCUT2D eigenvalue weighted by Crippen LogP contribution is -2.27. The second-order valence-corrected chi connectivity index (χ2v) is 7.35. The second kappa shape index (κ2) is 9.14. The number of anilines is 1. The SMILES string of the molecule is CCN(CC)CCn1c(NC(=O)c2nc(-c3ccccc3)oc2C)nc2ccccc21. The normalized spacial score (nSPS) is 11.4. The number of oxazole rings is 1. The number of para-hydroxylation sites is 2. The molecule has 0 bridgehead atoms. The first kappa shape index (κ1) is 20.8. The first-order chi connectivity index (χ1) is 15.1. The summed E-state index contributed by atoms with van der Waals surface area (Å²) in [6.45, 7) is 9.60. The Balaban J connectivity index is 1.62. The lowest BCUT2D eigenvalue weighted by molar-refractivity contribution is 0.102. The van der Waals surface area contributed by atoms with Gasteiger partial charge >= 0.3 is 0 Å². The summed E-state index contributed by atoms with van der Waals surface area (Å²) in [6, 6.07) is 17.5. The molecule has 0 atom stereocenters. The van der Waals surface area contributed by atoms with E-state index in [2.05, 4.69) is 38.6 Å². The van der Waals surface area contributed by atoms with Gasteiger partial charge in [-0.25, -0.2) is 9.97 Å². The van der Waals surface area contributed by atoms with Crippen LogP contribution in [0.1, 0.15) is 30.1 Å². The molecule has 0 aliphatic heterocycles. The molecule has 4 rings (SSSR count). The number of nitrogens with one attached hydrogen (secondary N) is 1. The van der Waals surface area contributed by atoms with Crippen molar-refractivity contribution in [2.45, 2.75) is 27.3 Å². The summed E-state index contributed by atoms with van der Waals surface area (Å²) in [5.74, 6) is 1.09. The van der Waals surface area contributed by atoms with Gasteiger partial charge in [-0.1, -0.05) is 44.2 Å². The molecule has 0 radical (unpaired) electrons. The number of likely N-dealkylation sites (N-methyl/N-ethyl adjacent to an activating group) is 1. The lowest BCUT2D eigenvalue weighted by Gasteiger charge is -2.19. The third-order valence-electron chi connectivity index (χ3n) is 5.45. The first-order valence-corrected chi connectivity index (χ1v) is 10.6. The molecule has 31 heavy (non-hydrogen) atoms. The Labute approximate surface area is 181 Å². The fourth-order valence-corrected chi connectivity index (χ4v) is 3.65. The predicted octanol–water partition coefficient (Wildman–Crippen LogP) is 4.59. The third-order valence-corrected chi connectivity index (χ3v) is 5.45. The predicted molar refractivity (Wildman–Crippen MR) is 122 cm³/mol. The third kappa shape index (κ3) is 4.36. The Morgan fingerprint density at radius 3 is 2.48 bits per heavy atom. The quantitative estimate of drug-likeness (QED) is 0.454. The molecule has 4 aromatic rings. The van der Waals surface area contributed by atoms with Crippen LogP contribution in [0.3, 0.4) is 0 Å². The van der Waals surface area contributed by atoms with E-state index < -0.39 is 0 Å². The van der Waals surface area contributed by atoms with E-state index in [0.717, 1.165) is 42.8 Å². The number of fused-ring (bicyclic) bond motifs is 1. The minimum absolute atomic E-state index is 0.265. The topological polar surface area (TPSA) is 76.2 Å². The van der Waals surface area contributed by atoms with Crippen LogP contribution in [-0.2, 0) is 6.54 Å². The summed E-state index contributed by atoms with van der Waals surface area (Å²) in [4.78, 5) is 24.5. The van der Waals surface area contributed by atoms with Gasteiger partial charge in [0.1, 0.15) is 5.76 Å². The number of imidazole rings is 1. The molecule has 0 aliphatic carbocycles. The average molecular weight is 418 g/mol. The number of carbonyl (C=O) groups is 1. The highest BCUT2D eigenvalue weighted by Crippen LogP contribution is 2.24. The summed E-state index contributed by atoms with van der Waals surface area (Å²) in [7, 11) is 0. The number of hydrogen-bond acceptors (Lipinski definition) is 5. The van der Waals surface area contributed by atoms with E-state index in [-0.39, 0.29) is 11.6 Å². The van der Waals surface area contributed by atoms with Gasteiger partial charge in [-0.05, 0) is 44.3 Å². The highest BCUT2D eigenvalue weighted by atomic mass is 16.4. The van der Waals surface area contributed by atoms with E-state index in [4.69, 9.17) is 4.42 Å². The second-order valence-electron chi connectivity index (χ2n) is 7.35. The number of amides is 1. The number of aromatic nitrogens is 3. The fraction of sp³-hybridized carbons (Fsp3) is 0.292. The molecular formula is C24H27N5O2. The monoisotopic (exact) mass is 417 g/mol. The Bertz CT molecular complexity index is 1180. The van der Waals surface area contributed by atoms with Crippen LogP contribution in [0.25, 0.3) is 22.5 Å². The summed E-state index contributed by atoms with van der Waals surface area (Å²) in [6.07, 6.45) is 0. The van der Waals surface area contributed by atoms with E-state index in [0.29, 0.717) is 17.6 Å². The molecular weight excluding hydrogens is 390 g/mol. The van der Waals surface area contributed by atoms with Crippen LogP contribution >= 0.6 is 0 Å². The van der Waals surface area contributed by atoms with E-state index in [1.165, 1.54) is 0 Å². The Kier molecular flexibility index (Phi) is 6.13. The zero-order chi connectivity index (χ0) is 21.8. The Morgan fingerprint density at radius 1 is 1.03 bits per heavy atom. The van der Waals surface area contributed by atoms with Crippen molar-refractivity contribution in [3.63, 3.8) is 0 Å². The van der Waals surface area contributed by atoms with Gasteiger partial charge in [0.25, 0.3) is 5.91 Å². The van der Waals surface area contributed by atoms with Gasteiger partial charge < -0.3 is 13.9 Å². The van der Waals surface area contributed by atoms with Crippen LogP contribution in [-0.4, -0.2) is 45.0 Å². The van der Waals surface area contributed by atoms with Gasteiger partial charge in [0.05, 0.1) is 11.0 Å². The van der Waals surface area contributed by atoms with Crippen LogP contribution in [0.4, 0.5) is 5.95 Å². The maximum Gasteiger partial charge on any atom is 0.280 e. The van der Waals surface area contributed by atoms with Crippen LogP contribution in [0, 0.1) is 6.92 Å². The maximum absolute atomic E-state index is 13.1. The molecule has 0 spiro atoms. The maximum atomic E-state index is 13.1. The van der Waals surface area contributed by atoms with E-state index in [1.807, 2.05) is 54.6 Å². The molecule has 0 saturated heterocycles. The zero-order valence-electron chi connectivity index (χ0n) is 18.1. The van der Waals surface area contributed by atoms with Crippen molar-refractivity contribution in [3.05, 3.63) is 66.1 Å². The number of nitrogens with zero attached hydrogens (tertiary/aromatic N) is 4. The number of rotatable bonds is 8. The van der Waals surface area contributed by atoms with E-state index in [1.54, 1.807) is 6.92 Å². The summed E-state index contributed by atoms with van der Waals surface area (Å²) in [5.41, 5.74) is 2.93. The van der Waals surface area contributed by atoms with Crippen LogP contribution in [0.2, 0.25) is 0 Å². The molecule has 7 nitrogen and oxygen atoms in total. The highest BCUT2D eigenvalue weighted by molar-refractivity contribution is 6.03. The van der Waals surface area contributed by atoms with Gasteiger partial charge in [0.15, 0.2) is 5.69 Å². The summed E-state index contributed by atoms with van der Waals surface area (Å²) < 4.78 is 7.81. The Hall–Kier alpha value is -3.45. The summed E-state index contributed by atoms with van der Waals surface area (Å²) >= 11 is 0. The number of benzene rings is 2. The minimum atomic E-state index is -0.331. The van der Waals surface area contributed by atoms with Crippen LogP contribution < -0.4 is 5.32 Å². The van der Waals surface area contributed by atoms with Gasteiger partial charge in [-0.2, -0.15) is 0 Å². The first-order valence-electron chi connectivity index (χ1n) is 10.6. The number of aryl methyl sites for hydroxylation is 1. The minimum Gasteiger partial charge on any atom is -0.441 e. The van der Waals surface area contributed by atoms with Crippen molar-refractivity contribution in [2.24, 2.45) is 0 Å². The molecule has 0 fully saturated rings. The van der Waals surface area contributed by atoms with Gasteiger partial charge in [-0.15, -0.1) is 0 Å². The van der Waals surface area contributed by atoms with Crippen molar-refractivity contribution in [1.82, 2.24) is 19.4 Å². The molecule has 0 saturated carbocycles. The van der Waals surface area contributed by atoms with Crippen molar-refractivity contribution in [1.29, 1.82) is 0 Å². The molecule has 2 heterocycles. The zero-order valence-corrected chi connectivity index (χ0v) is 18.1. The lowest BCUT2D eigenvalue weighted by atomic mass is 10.2. The van der Waals surface area contributed by atoms with Gasteiger partial charge in [-0.3, -0.25) is 10.1 Å². The molecule has 7 heteroatoms. The van der Waals surface area contributed by atoms with Gasteiger partial charge in [0, 0.05) is 18.7 Å². The average Bonchev–Trinajstić information content (AvgIpc) is 3.35.